The van der Waals surface area contributed by atoms with E-state index in [9.17, 15) is 16.8 Å². The van der Waals surface area contributed by atoms with E-state index in [1.54, 1.807) is 12.1 Å². The third-order valence-electron chi connectivity index (χ3n) is 5.14. The zero-order valence-corrected chi connectivity index (χ0v) is 20.0. The summed E-state index contributed by atoms with van der Waals surface area (Å²) in [6.07, 6.45) is 0. The van der Waals surface area contributed by atoms with E-state index in [4.69, 9.17) is 14.2 Å². The van der Waals surface area contributed by atoms with Crippen molar-refractivity contribution in [1.29, 1.82) is 0 Å². The van der Waals surface area contributed by atoms with Gasteiger partial charge in [0, 0.05) is 13.1 Å². The van der Waals surface area contributed by atoms with E-state index in [-0.39, 0.29) is 34.3 Å². The quantitative estimate of drug-likeness (QED) is 0.501. The van der Waals surface area contributed by atoms with Gasteiger partial charge in [-0.15, -0.1) is 0 Å². The van der Waals surface area contributed by atoms with E-state index in [1.165, 1.54) is 53.9 Å². The number of rotatable bonds is 8. The molecule has 0 atom stereocenters. The van der Waals surface area contributed by atoms with Crippen LogP contribution in [0.5, 0.6) is 17.2 Å². The van der Waals surface area contributed by atoms with Crippen LogP contribution in [-0.4, -0.2) is 54.6 Å². The fraction of sp³-hybridized carbons (Fsp3) is 0.217. The van der Waals surface area contributed by atoms with Crippen molar-refractivity contribution in [1.82, 2.24) is 4.31 Å². The fourth-order valence-corrected chi connectivity index (χ4v) is 5.87. The van der Waals surface area contributed by atoms with Gasteiger partial charge in [0.05, 0.1) is 35.8 Å². The number of hydrogen-bond donors (Lipinski definition) is 1. The zero-order chi connectivity index (χ0) is 24.2. The first-order valence-corrected chi connectivity index (χ1v) is 13.3. The number of ether oxygens (including phenoxy) is 3. The summed E-state index contributed by atoms with van der Waals surface area (Å²) in [6.45, 7) is 1.07. The van der Waals surface area contributed by atoms with E-state index >= 15 is 0 Å². The highest BCUT2D eigenvalue weighted by atomic mass is 32.2. The molecule has 1 heterocycles. The molecular weight excluding hydrogens is 480 g/mol. The second-order valence-corrected chi connectivity index (χ2v) is 11.0. The number of nitrogens with zero attached hydrogens (tertiary/aromatic N) is 1. The zero-order valence-electron chi connectivity index (χ0n) is 18.4. The molecule has 3 aromatic carbocycles. The maximum atomic E-state index is 13.0. The van der Waals surface area contributed by atoms with Crippen molar-refractivity contribution in [3.05, 3.63) is 72.8 Å². The Bertz CT molecular complexity index is 1340. The number of sulfonamides is 2. The van der Waals surface area contributed by atoms with Crippen LogP contribution in [0.25, 0.3) is 0 Å². The maximum Gasteiger partial charge on any atom is 0.262 e. The molecule has 1 aliphatic heterocycles. The van der Waals surface area contributed by atoms with Crippen molar-refractivity contribution >= 4 is 25.7 Å². The van der Waals surface area contributed by atoms with E-state index in [2.05, 4.69) is 4.72 Å². The topological polar surface area (TPSA) is 111 Å². The molecule has 0 amide bonds. The monoisotopic (exact) mass is 504 g/mol. The molecule has 0 saturated carbocycles. The van der Waals surface area contributed by atoms with Crippen molar-refractivity contribution in [3.63, 3.8) is 0 Å². The molecule has 0 radical (unpaired) electrons. The Kier molecular flexibility index (Phi) is 7.08. The molecule has 180 valence electrons. The Morgan fingerprint density at radius 2 is 1.44 bits per heavy atom. The SMILES string of the molecule is COc1ccc(S(=O)(=O)N2CCOCC2)cc1NS(=O)(=O)c1ccc(Oc2ccccc2)cc1. The summed E-state index contributed by atoms with van der Waals surface area (Å²) in [5.41, 5.74) is 0.0152. The summed E-state index contributed by atoms with van der Waals surface area (Å²) in [4.78, 5) is -0.0593. The van der Waals surface area contributed by atoms with Crippen LogP contribution in [-0.2, 0) is 24.8 Å². The van der Waals surface area contributed by atoms with Gasteiger partial charge in [-0.05, 0) is 54.6 Å². The highest BCUT2D eigenvalue weighted by Crippen LogP contribution is 2.31. The third-order valence-corrected chi connectivity index (χ3v) is 8.41. The minimum Gasteiger partial charge on any atom is -0.495 e. The summed E-state index contributed by atoms with van der Waals surface area (Å²) in [6, 6.07) is 19.1. The molecule has 0 aromatic heterocycles. The second kappa shape index (κ2) is 10.0. The average Bonchev–Trinajstić information content (AvgIpc) is 2.85. The molecule has 1 N–H and O–H groups in total. The molecule has 3 aromatic rings. The number of methoxy groups -OCH3 is 1. The lowest BCUT2D eigenvalue weighted by atomic mass is 10.3. The number of para-hydroxylation sites is 1. The van der Waals surface area contributed by atoms with Crippen LogP contribution in [0.2, 0.25) is 0 Å². The second-order valence-electron chi connectivity index (χ2n) is 7.37. The lowest BCUT2D eigenvalue weighted by Gasteiger charge is -2.26. The number of morpholine rings is 1. The molecular formula is C23H24N2O7S2. The first-order chi connectivity index (χ1) is 16.3. The minimum absolute atomic E-state index is 0.0152. The van der Waals surface area contributed by atoms with Gasteiger partial charge < -0.3 is 14.2 Å². The van der Waals surface area contributed by atoms with Crippen molar-refractivity contribution in [2.24, 2.45) is 0 Å². The van der Waals surface area contributed by atoms with Crippen LogP contribution in [0.15, 0.2) is 82.6 Å². The molecule has 0 bridgehead atoms. The summed E-state index contributed by atoms with van der Waals surface area (Å²) in [7, 11) is -6.48. The molecule has 0 unspecified atom stereocenters. The smallest absolute Gasteiger partial charge is 0.262 e. The lowest BCUT2D eigenvalue weighted by Crippen LogP contribution is -2.40. The Labute approximate surface area is 199 Å². The standard InChI is InChI=1S/C23H24N2O7S2/c1-30-23-12-11-21(34(28,29)25-13-15-31-16-14-25)17-22(23)24-33(26,27)20-9-7-19(8-10-20)32-18-5-3-2-4-6-18/h2-12,17,24H,13-16H2,1H3. The molecule has 34 heavy (non-hydrogen) atoms. The maximum absolute atomic E-state index is 13.0. The largest absolute Gasteiger partial charge is 0.495 e. The Balaban J connectivity index is 1.57. The van der Waals surface area contributed by atoms with Crippen molar-refractivity contribution in [3.8, 4) is 17.2 Å². The molecule has 11 heteroatoms. The van der Waals surface area contributed by atoms with Crippen LogP contribution in [0.4, 0.5) is 5.69 Å². The summed E-state index contributed by atoms with van der Waals surface area (Å²) < 4.78 is 71.9. The fourth-order valence-electron chi connectivity index (χ4n) is 3.38. The first-order valence-electron chi connectivity index (χ1n) is 10.4. The predicted molar refractivity (Wildman–Crippen MR) is 126 cm³/mol. The number of nitrogens with one attached hydrogen (secondary N) is 1. The predicted octanol–water partition coefficient (Wildman–Crippen LogP) is 3.31. The number of benzene rings is 3. The average molecular weight is 505 g/mol. The molecule has 0 aliphatic carbocycles. The van der Waals surface area contributed by atoms with Crippen LogP contribution in [0.1, 0.15) is 0 Å². The van der Waals surface area contributed by atoms with E-state index in [0.29, 0.717) is 24.7 Å². The molecule has 9 nitrogen and oxygen atoms in total. The lowest BCUT2D eigenvalue weighted by molar-refractivity contribution is 0.0730. The van der Waals surface area contributed by atoms with Gasteiger partial charge in [0.25, 0.3) is 10.0 Å². The molecule has 1 saturated heterocycles. The van der Waals surface area contributed by atoms with Crippen molar-refractivity contribution < 1.29 is 31.0 Å². The summed E-state index contributed by atoms with van der Waals surface area (Å²) in [5.74, 6) is 1.29. The van der Waals surface area contributed by atoms with Crippen LogP contribution in [0.3, 0.4) is 0 Å². The van der Waals surface area contributed by atoms with Crippen LogP contribution in [0, 0.1) is 0 Å². The van der Waals surface area contributed by atoms with Gasteiger partial charge in [-0.2, -0.15) is 4.31 Å². The van der Waals surface area contributed by atoms with Gasteiger partial charge in [0.1, 0.15) is 17.2 Å². The normalized spacial score (nSPS) is 15.0. The highest BCUT2D eigenvalue weighted by Gasteiger charge is 2.28. The van der Waals surface area contributed by atoms with Crippen LogP contribution >= 0.6 is 0 Å². The van der Waals surface area contributed by atoms with Crippen molar-refractivity contribution in [2.45, 2.75) is 9.79 Å². The third kappa shape index (κ3) is 5.33. The van der Waals surface area contributed by atoms with Gasteiger partial charge in [-0.25, -0.2) is 16.8 Å². The Hall–Kier alpha value is -3.12. The minimum atomic E-state index is -4.04. The van der Waals surface area contributed by atoms with Crippen molar-refractivity contribution in [2.75, 3.05) is 38.1 Å². The van der Waals surface area contributed by atoms with E-state index < -0.39 is 20.0 Å². The Morgan fingerprint density at radius 1 is 0.824 bits per heavy atom. The van der Waals surface area contributed by atoms with Gasteiger partial charge in [0.15, 0.2) is 0 Å². The number of anilines is 1. The van der Waals surface area contributed by atoms with Gasteiger partial charge in [0.2, 0.25) is 10.0 Å². The van der Waals surface area contributed by atoms with Gasteiger partial charge >= 0.3 is 0 Å². The van der Waals surface area contributed by atoms with Gasteiger partial charge in [-0.3, -0.25) is 4.72 Å². The summed E-state index contributed by atoms with van der Waals surface area (Å²) >= 11 is 0. The van der Waals surface area contributed by atoms with E-state index in [0.717, 1.165) is 0 Å². The molecule has 4 rings (SSSR count). The number of hydrogen-bond acceptors (Lipinski definition) is 7. The summed E-state index contributed by atoms with van der Waals surface area (Å²) in [5, 5.41) is 0. The van der Waals surface area contributed by atoms with E-state index in [1.807, 2.05) is 18.2 Å². The Morgan fingerprint density at radius 3 is 2.09 bits per heavy atom. The molecule has 1 aliphatic rings. The first kappa shape index (κ1) is 24.0. The molecule has 1 fully saturated rings. The van der Waals surface area contributed by atoms with Crippen LogP contribution < -0.4 is 14.2 Å². The highest BCUT2D eigenvalue weighted by molar-refractivity contribution is 7.92. The molecule has 0 spiro atoms. The van der Waals surface area contributed by atoms with Gasteiger partial charge in [-0.1, -0.05) is 18.2 Å².